The van der Waals surface area contributed by atoms with E-state index >= 15 is 0 Å². The molecule has 9 heteroatoms. The maximum absolute atomic E-state index is 11.7. The summed E-state index contributed by atoms with van der Waals surface area (Å²) in [5, 5.41) is 12.7. The van der Waals surface area contributed by atoms with Gasteiger partial charge in [0.05, 0.1) is 18.2 Å². The van der Waals surface area contributed by atoms with Crippen LogP contribution in [0.25, 0.3) is 0 Å². The summed E-state index contributed by atoms with van der Waals surface area (Å²) in [5.41, 5.74) is -1.68. The summed E-state index contributed by atoms with van der Waals surface area (Å²) in [5.74, 6) is -1.60. The Morgan fingerprint density at radius 2 is 2.16 bits per heavy atom. The monoisotopic (exact) mass is 269 g/mol. The molecule has 0 saturated carbocycles. The summed E-state index contributed by atoms with van der Waals surface area (Å²) in [4.78, 5) is 46.1. The van der Waals surface area contributed by atoms with Crippen molar-refractivity contribution < 1.29 is 19.2 Å². The number of rotatable bonds is 4. The second kappa shape index (κ2) is 5.76. The Balaban J connectivity index is 3.00. The van der Waals surface area contributed by atoms with Crippen molar-refractivity contribution in [3.8, 4) is 0 Å². The molecule has 1 atom stereocenters. The number of esters is 1. The van der Waals surface area contributed by atoms with Gasteiger partial charge in [-0.1, -0.05) is 0 Å². The highest BCUT2D eigenvalue weighted by Gasteiger charge is 2.20. The Hall–Kier alpha value is -2.71. The Labute approximate surface area is 106 Å². The summed E-state index contributed by atoms with van der Waals surface area (Å²) in [6.07, 6.45) is 0.878. The van der Waals surface area contributed by atoms with E-state index in [0.717, 1.165) is 19.4 Å². The van der Waals surface area contributed by atoms with Crippen LogP contribution < -0.4 is 10.9 Å². The predicted octanol–water partition coefficient (Wildman–Crippen LogP) is -0.426. The van der Waals surface area contributed by atoms with Crippen LogP contribution in [0.2, 0.25) is 0 Å². The fourth-order valence-corrected chi connectivity index (χ4v) is 1.26. The Bertz CT molecular complexity index is 579. The Morgan fingerprint density at radius 3 is 2.68 bits per heavy atom. The van der Waals surface area contributed by atoms with E-state index < -0.39 is 39.7 Å². The van der Waals surface area contributed by atoms with Crippen molar-refractivity contribution in [2.75, 3.05) is 7.11 Å². The van der Waals surface area contributed by atoms with Crippen LogP contribution in [0.4, 0.5) is 5.69 Å². The number of carbonyl (C=O) groups is 2. The summed E-state index contributed by atoms with van der Waals surface area (Å²) >= 11 is 0. The average Bonchev–Trinajstić information content (AvgIpc) is 2.37. The van der Waals surface area contributed by atoms with Gasteiger partial charge in [0.2, 0.25) is 0 Å². The van der Waals surface area contributed by atoms with Crippen molar-refractivity contribution in [2.45, 2.75) is 13.0 Å². The van der Waals surface area contributed by atoms with E-state index in [1.54, 1.807) is 0 Å². The second-order valence-electron chi connectivity index (χ2n) is 3.58. The number of ether oxygens (including phenoxy) is 1. The lowest BCUT2D eigenvalue weighted by Gasteiger charge is -2.10. The molecule has 0 saturated heterocycles. The first-order valence-electron chi connectivity index (χ1n) is 5.12. The van der Waals surface area contributed by atoms with Gasteiger partial charge >= 0.3 is 5.97 Å². The SMILES string of the molecule is COC(=O)C(C)NC(=O)c1cc([N+](=O)[O-])c[nH]c1=O. The molecule has 102 valence electrons. The van der Waals surface area contributed by atoms with Gasteiger partial charge in [0.25, 0.3) is 17.2 Å². The first-order valence-corrected chi connectivity index (χ1v) is 5.12. The molecule has 19 heavy (non-hydrogen) atoms. The number of nitro groups is 1. The summed E-state index contributed by atoms with van der Waals surface area (Å²) in [6.45, 7) is 1.36. The Morgan fingerprint density at radius 1 is 1.53 bits per heavy atom. The number of nitrogens with one attached hydrogen (secondary N) is 2. The van der Waals surface area contributed by atoms with Crippen LogP contribution >= 0.6 is 0 Å². The number of hydrogen-bond acceptors (Lipinski definition) is 6. The van der Waals surface area contributed by atoms with Gasteiger partial charge in [0, 0.05) is 6.07 Å². The molecule has 0 fully saturated rings. The average molecular weight is 269 g/mol. The number of H-pyrrole nitrogens is 1. The smallest absolute Gasteiger partial charge is 0.328 e. The zero-order valence-electron chi connectivity index (χ0n) is 10.1. The lowest BCUT2D eigenvalue weighted by atomic mass is 10.2. The molecule has 1 rings (SSSR count). The summed E-state index contributed by atoms with van der Waals surface area (Å²) < 4.78 is 4.39. The van der Waals surface area contributed by atoms with Crippen molar-refractivity contribution in [2.24, 2.45) is 0 Å². The minimum Gasteiger partial charge on any atom is -0.467 e. The van der Waals surface area contributed by atoms with Crippen molar-refractivity contribution in [1.29, 1.82) is 0 Å². The molecule has 1 heterocycles. The van der Waals surface area contributed by atoms with Crippen molar-refractivity contribution in [3.63, 3.8) is 0 Å². The van der Waals surface area contributed by atoms with Crippen LogP contribution in [0.15, 0.2) is 17.1 Å². The minimum absolute atomic E-state index is 0.435. The molecule has 1 aromatic heterocycles. The number of nitrogens with zero attached hydrogens (tertiary/aromatic N) is 1. The highest BCUT2D eigenvalue weighted by Crippen LogP contribution is 2.08. The second-order valence-corrected chi connectivity index (χ2v) is 3.58. The molecular weight excluding hydrogens is 258 g/mol. The molecule has 0 spiro atoms. The molecule has 0 radical (unpaired) electrons. The molecule has 2 N–H and O–H groups in total. The van der Waals surface area contributed by atoms with Gasteiger partial charge < -0.3 is 15.0 Å². The third-order valence-electron chi connectivity index (χ3n) is 2.25. The number of aromatic amines is 1. The fourth-order valence-electron chi connectivity index (χ4n) is 1.26. The molecule has 0 aliphatic heterocycles. The first kappa shape index (κ1) is 14.4. The van der Waals surface area contributed by atoms with E-state index in [0.29, 0.717) is 0 Å². The predicted molar refractivity (Wildman–Crippen MR) is 62.7 cm³/mol. The molecule has 9 nitrogen and oxygen atoms in total. The molecule has 0 aromatic carbocycles. The maximum Gasteiger partial charge on any atom is 0.328 e. The normalized spacial score (nSPS) is 11.5. The van der Waals surface area contributed by atoms with Gasteiger partial charge in [-0.3, -0.25) is 19.7 Å². The molecule has 1 amide bonds. The largest absolute Gasteiger partial charge is 0.467 e. The highest BCUT2D eigenvalue weighted by molar-refractivity contribution is 5.96. The van der Waals surface area contributed by atoms with E-state index in [-0.39, 0.29) is 0 Å². The van der Waals surface area contributed by atoms with Crippen molar-refractivity contribution >= 4 is 17.6 Å². The van der Waals surface area contributed by atoms with E-state index in [1.165, 1.54) is 6.92 Å². The third-order valence-corrected chi connectivity index (χ3v) is 2.25. The van der Waals surface area contributed by atoms with Gasteiger partial charge in [-0.05, 0) is 6.92 Å². The van der Waals surface area contributed by atoms with E-state index in [1.807, 2.05) is 0 Å². The topological polar surface area (TPSA) is 131 Å². The van der Waals surface area contributed by atoms with Crippen LogP contribution in [0.5, 0.6) is 0 Å². The number of hydrogen-bond donors (Lipinski definition) is 2. The zero-order valence-corrected chi connectivity index (χ0v) is 10.1. The minimum atomic E-state index is -0.976. The summed E-state index contributed by atoms with van der Waals surface area (Å²) in [6, 6.07) is -0.144. The van der Waals surface area contributed by atoms with Gasteiger partial charge in [0.1, 0.15) is 11.6 Å². The van der Waals surface area contributed by atoms with E-state index in [9.17, 15) is 24.5 Å². The lowest BCUT2D eigenvalue weighted by Crippen LogP contribution is -2.41. The van der Waals surface area contributed by atoms with Crippen LogP contribution in [0.1, 0.15) is 17.3 Å². The molecule has 1 unspecified atom stereocenters. The van der Waals surface area contributed by atoms with E-state index in [2.05, 4.69) is 15.0 Å². The van der Waals surface area contributed by atoms with Gasteiger partial charge in [-0.2, -0.15) is 0 Å². The fraction of sp³-hybridized carbons (Fsp3) is 0.300. The number of methoxy groups -OCH3 is 1. The lowest BCUT2D eigenvalue weighted by molar-refractivity contribution is -0.385. The molecule has 1 aromatic rings. The van der Waals surface area contributed by atoms with Crippen LogP contribution in [0.3, 0.4) is 0 Å². The van der Waals surface area contributed by atoms with E-state index in [4.69, 9.17) is 0 Å². The summed E-state index contributed by atoms with van der Waals surface area (Å²) in [7, 11) is 1.14. The molecular formula is C10H11N3O6. The quantitative estimate of drug-likeness (QED) is 0.433. The van der Waals surface area contributed by atoms with Gasteiger partial charge in [-0.15, -0.1) is 0 Å². The molecule has 0 bridgehead atoms. The first-order chi connectivity index (χ1) is 8.86. The number of carbonyl (C=O) groups excluding carboxylic acids is 2. The third kappa shape index (κ3) is 3.37. The highest BCUT2D eigenvalue weighted by atomic mass is 16.6. The van der Waals surface area contributed by atoms with Crippen LogP contribution in [-0.2, 0) is 9.53 Å². The van der Waals surface area contributed by atoms with Gasteiger partial charge in [0.15, 0.2) is 0 Å². The van der Waals surface area contributed by atoms with Crippen molar-refractivity contribution in [3.05, 3.63) is 38.3 Å². The number of pyridine rings is 1. The zero-order chi connectivity index (χ0) is 14.6. The number of aromatic nitrogens is 1. The Kier molecular flexibility index (Phi) is 4.35. The standard InChI is InChI=1S/C10H11N3O6/c1-5(10(16)19-2)12-9(15)7-3-6(13(17)18)4-11-8(7)14/h3-5H,1-2H3,(H,11,14)(H,12,15). The molecule has 0 aliphatic rings. The van der Waals surface area contributed by atoms with Crippen molar-refractivity contribution in [1.82, 2.24) is 10.3 Å². The van der Waals surface area contributed by atoms with Crippen LogP contribution in [-0.4, -0.2) is 34.9 Å². The number of amides is 1. The maximum atomic E-state index is 11.7. The van der Waals surface area contributed by atoms with Gasteiger partial charge in [-0.25, -0.2) is 4.79 Å². The van der Waals surface area contributed by atoms with Crippen LogP contribution in [0, 0.1) is 10.1 Å². The molecule has 0 aliphatic carbocycles.